The van der Waals surface area contributed by atoms with E-state index < -0.39 is 26.9 Å². The first kappa shape index (κ1) is 26.8. The molecular weight excluding hydrogens is 528 g/mol. The van der Waals surface area contributed by atoms with Crippen molar-refractivity contribution in [2.24, 2.45) is 0 Å². The van der Waals surface area contributed by atoms with Crippen LogP contribution in [0.15, 0.2) is 53.2 Å². The number of nitrogens with zero attached hydrogens (tertiary/aromatic N) is 3. The fourth-order valence-electron chi connectivity index (χ4n) is 2.71. The lowest BCUT2D eigenvalue weighted by Crippen LogP contribution is -2.14. The van der Waals surface area contributed by atoms with Crippen LogP contribution in [0.3, 0.4) is 0 Å². The summed E-state index contributed by atoms with van der Waals surface area (Å²) in [5, 5.41) is 11.9. The Labute approximate surface area is 216 Å². The molecule has 1 N–H and O–H groups in total. The lowest BCUT2D eigenvalue weighted by atomic mass is 10.1. The van der Waals surface area contributed by atoms with Crippen LogP contribution in [0.5, 0.6) is 11.5 Å². The molecule has 0 unspecified atom stereocenters. The highest BCUT2D eigenvalue weighted by molar-refractivity contribution is 7.91. The summed E-state index contributed by atoms with van der Waals surface area (Å²) in [6.45, 7) is 3.46. The maximum absolute atomic E-state index is 12.6. The third-order valence-corrected chi connectivity index (χ3v) is 7.01. The number of rotatable bonds is 9. The van der Waals surface area contributed by atoms with Crippen LogP contribution in [0.1, 0.15) is 29.8 Å². The monoisotopic (exact) mass is 546 g/mol. The van der Waals surface area contributed by atoms with Crippen LogP contribution < -0.4 is 14.8 Å². The van der Waals surface area contributed by atoms with E-state index in [-0.39, 0.29) is 34.6 Å². The van der Waals surface area contributed by atoms with Crippen molar-refractivity contribution < 1.29 is 27.5 Å². The molecule has 0 bridgehead atoms. The molecule has 3 rings (SSSR count). The summed E-state index contributed by atoms with van der Waals surface area (Å²) in [4.78, 5) is 28.8. The number of benzene rings is 2. The molecule has 1 aromatic heterocycles. The Bertz CT molecular complexity index is 1460. The number of carbonyl (C=O) groups excluding carboxylic acids is 2. The van der Waals surface area contributed by atoms with Crippen LogP contribution in [-0.4, -0.2) is 42.0 Å². The zero-order chi connectivity index (χ0) is 26.3. The van der Waals surface area contributed by atoms with E-state index in [1.165, 1.54) is 43.3 Å². The van der Waals surface area contributed by atoms with Crippen LogP contribution >= 0.6 is 23.1 Å². The van der Waals surface area contributed by atoms with Gasteiger partial charge in [-0.15, -0.1) is 0 Å². The van der Waals surface area contributed by atoms with Crippen molar-refractivity contribution in [3.8, 4) is 17.6 Å². The number of anilines is 1. The summed E-state index contributed by atoms with van der Waals surface area (Å²) in [5.41, 5.74) is 0.433. The standard InChI is InChI=1S/C23H19ClN4O6S2/c1-3-33-19-12-14(5-10-18(19)34-21(30)15-6-8-17(24)9-7-15)11-16(13-25)20(29)26-22-27-23(28-35-22)36(31,32)4-2/h5-12H,3-4H2,1-2H3,(H,26,27,28,29)/b16-11-. The average molecular weight is 547 g/mol. The number of sulfone groups is 1. The number of nitrogens with one attached hydrogen (secondary N) is 1. The van der Waals surface area contributed by atoms with Crippen LogP contribution in [0.2, 0.25) is 5.02 Å². The first-order valence-electron chi connectivity index (χ1n) is 10.4. The minimum absolute atomic E-state index is 0.0624. The number of hydrogen-bond donors (Lipinski definition) is 1. The number of amides is 1. The van der Waals surface area contributed by atoms with E-state index in [9.17, 15) is 23.3 Å². The zero-order valence-electron chi connectivity index (χ0n) is 19.0. The van der Waals surface area contributed by atoms with Crippen molar-refractivity contribution in [2.45, 2.75) is 19.0 Å². The minimum Gasteiger partial charge on any atom is -0.490 e. The second-order valence-electron chi connectivity index (χ2n) is 6.95. The normalized spacial score (nSPS) is 11.4. The Hall–Kier alpha value is -3.79. The van der Waals surface area contributed by atoms with Crippen molar-refractivity contribution in [3.63, 3.8) is 0 Å². The maximum Gasteiger partial charge on any atom is 0.343 e. The number of halogens is 1. The number of hydrogen-bond acceptors (Lipinski definition) is 10. The van der Waals surface area contributed by atoms with Gasteiger partial charge in [-0.1, -0.05) is 24.6 Å². The molecule has 2 aromatic carbocycles. The van der Waals surface area contributed by atoms with E-state index in [0.717, 1.165) is 0 Å². The molecule has 0 aliphatic rings. The second kappa shape index (κ2) is 11.8. The molecule has 0 atom stereocenters. The van der Waals surface area contributed by atoms with Crippen molar-refractivity contribution in [3.05, 3.63) is 64.2 Å². The van der Waals surface area contributed by atoms with Gasteiger partial charge in [0, 0.05) is 16.6 Å². The predicted octanol–water partition coefficient (Wildman–Crippen LogP) is 4.15. The fraction of sp³-hybridized carbons (Fsp3) is 0.174. The quantitative estimate of drug-likeness (QED) is 0.181. The SMILES string of the molecule is CCOc1cc(/C=C(/C#N)C(=O)Nc2nc(S(=O)(=O)CC)ns2)ccc1OC(=O)c1ccc(Cl)cc1. The molecule has 0 saturated carbocycles. The van der Waals surface area contributed by atoms with E-state index in [2.05, 4.69) is 14.7 Å². The smallest absolute Gasteiger partial charge is 0.343 e. The van der Waals surface area contributed by atoms with Crippen LogP contribution in [-0.2, 0) is 14.6 Å². The van der Waals surface area contributed by atoms with Crippen LogP contribution in [0.25, 0.3) is 6.08 Å². The Morgan fingerprint density at radius 3 is 2.53 bits per heavy atom. The average Bonchev–Trinajstić information content (AvgIpc) is 3.33. The number of aromatic nitrogens is 2. The van der Waals surface area contributed by atoms with Crippen molar-refractivity contribution >= 4 is 56.1 Å². The maximum atomic E-state index is 12.6. The van der Waals surface area contributed by atoms with Gasteiger partial charge >= 0.3 is 5.97 Å². The molecule has 0 spiro atoms. The fourth-order valence-corrected chi connectivity index (χ4v) is 4.42. The molecule has 0 saturated heterocycles. The molecule has 0 aliphatic carbocycles. The molecule has 0 aliphatic heterocycles. The van der Waals surface area contributed by atoms with Gasteiger partial charge in [-0.05, 0) is 55.0 Å². The summed E-state index contributed by atoms with van der Waals surface area (Å²) in [7, 11) is -3.63. The van der Waals surface area contributed by atoms with Crippen molar-refractivity contribution in [1.82, 2.24) is 9.36 Å². The molecule has 3 aromatic rings. The van der Waals surface area contributed by atoms with Gasteiger partial charge < -0.3 is 9.47 Å². The molecule has 36 heavy (non-hydrogen) atoms. The Morgan fingerprint density at radius 2 is 1.89 bits per heavy atom. The van der Waals surface area contributed by atoms with Gasteiger partial charge in [0.1, 0.15) is 11.6 Å². The first-order valence-corrected chi connectivity index (χ1v) is 13.2. The van der Waals surface area contributed by atoms with Crippen LogP contribution in [0.4, 0.5) is 5.13 Å². The Kier molecular flexibility index (Phi) is 8.76. The highest BCUT2D eigenvalue weighted by atomic mass is 35.5. The number of ether oxygens (including phenoxy) is 2. The molecule has 10 nitrogen and oxygen atoms in total. The highest BCUT2D eigenvalue weighted by Gasteiger charge is 2.20. The number of carbonyl (C=O) groups is 2. The summed E-state index contributed by atoms with van der Waals surface area (Å²) in [5.74, 6) is -1.23. The topological polar surface area (TPSA) is 148 Å². The van der Waals surface area contributed by atoms with E-state index in [1.807, 2.05) is 0 Å². The van der Waals surface area contributed by atoms with E-state index >= 15 is 0 Å². The van der Waals surface area contributed by atoms with E-state index in [1.54, 1.807) is 25.1 Å². The van der Waals surface area contributed by atoms with Gasteiger partial charge in [0.05, 0.1) is 17.9 Å². The molecule has 1 amide bonds. The Morgan fingerprint density at radius 1 is 1.17 bits per heavy atom. The van der Waals surface area contributed by atoms with Crippen molar-refractivity contribution in [1.29, 1.82) is 5.26 Å². The third-order valence-electron chi connectivity index (χ3n) is 4.51. The molecule has 186 valence electrons. The van der Waals surface area contributed by atoms with Gasteiger partial charge in [-0.3, -0.25) is 10.1 Å². The largest absolute Gasteiger partial charge is 0.490 e. The highest BCUT2D eigenvalue weighted by Crippen LogP contribution is 2.30. The third kappa shape index (κ3) is 6.66. The number of esters is 1. The summed E-state index contributed by atoms with van der Waals surface area (Å²) < 4.78 is 38.5. The minimum atomic E-state index is -3.63. The Balaban J connectivity index is 1.81. The van der Waals surface area contributed by atoms with Gasteiger partial charge in [0.15, 0.2) is 11.5 Å². The zero-order valence-corrected chi connectivity index (χ0v) is 21.4. The molecular formula is C23H19ClN4O6S2. The van der Waals surface area contributed by atoms with Crippen LogP contribution in [0, 0.1) is 11.3 Å². The van der Waals surface area contributed by atoms with Gasteiger partial charge in [0.2, 0.25) is 15.0 Å². The second-order valence-corrected chi connectivity index (χ2v) is 10.3. The lowest BCUT2D eigenvalue weighted by molar-refractivity contribution is -0.112. The molecule has 0 fully saturated rings. The summed E-state index contributed by atoms with van der Waals surface area (Å²) in [6.07, 6.45) is 1.30. The molecule has 1 heterocycles. The van der Waals surface area contributed by atoms with Gasteiger partial charge in [-0.25, -0.2) is 13.2 Å². The van der Waals surface area contributed by atoms with E-state index in [0.29, 0.717) is 27.7 Å². The lowest BCUT2D eigenvalue weighted by Gasteiger charge is -2.11. The van der Waals surface area contributed by atoms with Crippen molar-refractivity contribution in [2.75, 3.05) is 17.7 Å². The number of nitriles is 1. The first-order chi connectivity index (χ1) is 17.2. The van der Waals surface area contributed by atoms with Gasteiger partial charge in [-0.2, -0.15) is 14.6 Å². The molecule has 0 radical (unpaired) electrons. The van der Waals surface area contributed by atoms with Gasteiger partial charge in [0.25, 0.3) is 11.1 Å². The van der Waals surface area contributed by atoms with E-state index in [4.69, 9.17) is 21.1 Å². The summed E-state index contributed by atoms with van der Waals surface area (Å²) in [6, 6.07) is 12.5. The molecule has 13 heteroatoms. The summed E-state index contributed by atoms with van der Waals surface area (Å²) >= 11 is 6.53. The predicted molar refractivity (Wildman–Crippen MR) is 134 cm³/mol.